The summed E-state index contributed by atoms with van der Waals surface area (Å²) in [6, 6.07) is 19.4. The van der Waals surface area contributed by atoms with Gasteiger partial charge in [0.05, 0.1) is 21.8 Å². The van der Waals surface area contributed by atoms with Crippen molar-refractivity contribution >= 4 is 21.8 Å². The summed E-state index contributed by atoms with van der Waals surface area (Å²) in [7, 11) is 0. The number of hydrogen-bond acceptors (Lipinski definition) is 2. The molecule has 0 unspecified atom stereocenters. The second kappa shape index (κ2) is 4.84. The molecule has 0 radical (unpaired) electrons. The van der Waals surface area contributed by atoms with E-state index in [4.69, 9.17) is 4.84 Å². The molecule has 0 aromatic heterocycles. The molecule has 0 saturated heterocycles. The minimum atomic E-state index is 0.790. The molecule has 3 heteroatoms. The summed E-state index contributed by atoms with van der Waals surface area (Å²) >= 11 is 3.33. The van der Waals surface area contributed by atoms with Crippen LogP contribution in [0.5, 0.6) is 5.75 Å². The van der Waals surface area contributed by atoms with Gasteiger partial charge in [0.1, 0.15) is 0 Å². The fraction of sp³-hybridized carbons (Fsp3) is 0. The van der Waals surface area contributed by atoms with Crippen molar-refractivity contribution in [2.75, 3.05) is 4.09 Å². The van der Waals surface area contributed by atoms with Crippen LogP contribution in [0.15, 0.2) is 60.7 Å². The Morgan fingerprint density at radius 3 is 1.93 bits per heavy atom. The average molecular weight is 264 g/mol. The number of hydrogen-bond donors (Lipinski definition) is 0. The molecule has 0 aliphatic rings. The summed E-state index contributed by atoms with van der Waals surface area (Å²) in [6.45, 7) is 0. The Balaban J connectivity index is 2.08. The number of para-hydroxylation sites is 2. The SMILES string of the molecule is BrN(Oc1ccccc1)c1ccccc1. The fourth-order valence-electron chi connectivity index (χ4n) is 1.17. The van der Waals surface area contributed by atoms with Crippen LogP contribution in [0, 0.1) is 0 Å². The molecule has 2 aromatic carbocycles. The van der Waals surface area contributed by atoms with E-state index in [1.807, 2.05) is 60.7 Å². The Morgan fingerprint density at radius 1 is 0.800 bits per heavy atom. The third kappa shape index (κ3) is 2.73. The first kappa shape index (κ1) is 10.1. The van der Waals surface area contributed by atoms with E-state index in [0.29, 0.717) is 0 Å². The highest BCUT2D eigenvalue weighted by molar-refractivity contribution is 9.10. The van der Waals surface area contributed by atoms with Crippen molar-refractivity contribution < 1.29 is 4.84 Å². The minimum absolute atomic E-state index is 0.790. The maximum atomic E-state index is 5.55. The standard InChI is InChI=1S/C12H10BrNO/c13-14(11-7-3-1-4-8-11)15-12-9-5-2-6-10-12/h1-10H. The second-order valence-corrected chi connectivity index (χ2v) is 3.63. The molecule has 0 N–H and O–H groups in total. The lowest BCUT2D eigenvalue weighted by molar-refractivity contribution is 0.358. The van der Waals surface area contributed by atoms with Gasteiger partial charge in [-0.05, 0) is 24.3 Å². The van der Waals surface area contributed by atoms with Crippen molar-refractivity contribution in [3.05, 3.63) is 60.7 Å². The van der Waals surface area contributed by atoms with Crippen LogP contribution in [0.1, 0.15) is 0 Å². The minimum Gasteiger partial charge on any atom is -0.369 e. The lowest BCUT2D eigenvalue weighted by Crippen LogP contribution is -2.13. The summed E-state index contributed by atoms with van der Waals surface area (Å²) in [5.74, 6) is 0.790. The molecule has 76 valence electrons. The first-order chi connectivity index (χ1) is 7.36. The third-order valence-electron chi connectivity index (χ3n) is 1.89. The first-order valence-electron chi connectivity index (χ1n) is 4.60. The highest BCUT2D eigenvalue weighted by Gasteiger charge is 2.02. The Labute approximate surface area is 97.4 Å². The van der Waals surface area contributed by atoms with Gasteiger partial charge in [0.2, 0.25) is 0 Å². The van der Waals surface area contributed by atoms with Gasteiger partial charge in [-0.2, -0.15) is 0 Å². The second-order valence-electron chi connectivity index (χ2n) is 2.98. The van der Waals surface area contributed by atoms with Gasteiger partial charge in [0.25, 0.3) is 0 Å². The number of anilines is 1. The number of rotatable bonds is 3. The Morgan fingerprint density at radius 2 is 1.33 bits per heavy atom. The maximum Gasteiger partial charge on any atom is 0.156 e. The van der Waals surface area contributed by atoms with Gasteiger partial charge in [0, 0.05) is 0 Å². The molecule has 2 nitrogen and oxygen atoms in total. The molecule has 0 aliphatic carbocycles. The van der Waals surface area contributed by atoms with Crippen molar-refractivity contribution in [2.24, 2.45) is 0 Å². The van der Waals surface area contributed by atoms with E-state index >= 15 is 0 Å². The van der Waals surface area contributed by atoms with E-state index < -0.39 is 0 Å². The van der Waals surface area contributed by atoms with Crippen LogP contribution in [0.4, 0.5) is 5.69 Å². The number of halogens is 1. The summed E-state index contributed by atoms with van der Waals surface area (Å²) in [5.41, 5.74) is 0.946. The van der Waals surface area contributed by atoms with Crippen LogP contribution in [-0.4, -0.2) is 0 Å². The zero-order chi connectivity index (χ0) is 10.5. The molecular weight excluding hydrogens is 254 g/mol. The molecule has 0 fully saturated rings. The zero-order valence-corrected chi connectivity index (χ0v) is 9.59. The van der Waals surface area contributed by atoms with Crippen molar-refractivity contribution in [3.8, 4) is 5.75 Å². The van der Waals surface area contributed by atoms with Gasteiger partial charge >= 0.3 is 0 Å². The lowest BCUT2D eigenvalue weighted by Gasteiger charge is -2.16. The molecule has 0 atom stereocenters. The molecule has 2 aromatic rings. The predicted molar refractivity (Wildman–Crippen MR) is 64.9 cm³/mol. The average Bonchev–Trinajstić information content (AvgIpc) is 2.31. The Hall–Kier alpha value is -1.48. The van der Waals surface area contributed by atoms with E-state index in [1.165, 1.54) is 0 Å². The quantitative estimate of drug-likeness (QED) is 0.617. The Bertz CT molecular complexity index is 404. The van der Waals surface area contributed by atoms with Gasteiger partial charge < -0.3 is 4.84 Å². The van der Waals surface area contributed by atoms with Crippen molar-refractivity contribution in [1.29, 1.82) is 0 Å². The molecule has 2 rings (SSSR count). The van der Waals surface area contributed by atoms with Crippen LogP contribution in [0.3, 0.4) is 0 Å². The van der Waals surface area contributed by atoms with Gasteiger partial charge in [-0.15, -0.1) is 4.09 Å². The summed E-state index contributed by atoms with van der Waals surface area (Å²) < 4.78 is 1.56. The molecule has 0 amide bonds. The van der Waals surface area contributed by atoms with Crippen molar-refractivity contribution in [2.45, 2.75) is 0 Å². The molecule has 0 heterocycles. The van der Waals surface area contributed by atoms with Crippen LogP contribution in [0.2, 0.25) is 0 Å². The molecule has 0 aliphatic heterocycles. The number of benzene rings is 2. The smallest absolute Gasteiger partial charge is 0.156 e. The molecule has 0 bridgehead atoms. The Kier molecular flexibility index (Phi) is 3.25. The molecule has 0 saturated carbocycles. The zero-order valence-electron chi connectivity index (χ0n) is 8.01. The van der Waals surface area contributed by atoms with Crippen LogP contribution in [-0.2, 0) is 0 Å². The molecule has 15 heavy (non-hydrogen) atoms. The summed E-state index contributed by atoms with van der Waals surface area (Å²) in [5, 5.41) is 0. The van der Waals surface area contributed by atoms with E-state index in [1.54, 1.807) is 4.09 Å². The molecular formula is C12H10BrNO. The van der Waals surface area contributed by atoms with Crippen molar-refractivity contribution in [1.82, 2.24) is 0 Å². The summed E-state index contributed by atoms with van der Waals surface area (Å²) in [6.07, 6.45) is 0. The first-order valence-corrected chi connectivity index (χ1v) is 5.31. The topological polar surface area (TPSA) is 12.5 Å². The third-order valence-corrected chi connectivity index (χ3v) is 2.44. The number of nitrogens with zero attached hydrogens (tertiary/aromatic N) is 1. The lowest BCUT2D eigenvalue weighted by atomic mass is 10.3. The molecule has 0 spiro atoms. The summed E-state index contributed by atoms with van der Waals surface area (Å²) in [4.78, 5) is 5.55. The van der Waals surface area contributed by atoms with Gasteiger partial charge in [-0.1, -0.05) is 36.4 Å². The predicted octanol–water partition coefficient (Wildman–Crippen LogP) is 3.80. The highest BCUT2D eigenvalue weighted by Crippen LogP contribution is 2.20. The van der Waals surface area contributed by atoms with Crippen molar-refractivity contribution in [3.63, 3.8) is 0 Å². The van der Waals surface area contributed by atoms with E-state index in [-0.39, 0.29) is 0 Å². The largest absolute Gasteiger partial charge is 0.369 e. The van der Waals surface area contributed by atoms with Gasteiger partial charge in [-0.25, -0.2) is 0 Å². The van der Waals surface area contributed by atoms with Crippen LogP contribution >= 0.6 is 16.1 Å². The monoisotopic (exact) mass is 263 g/mol. The van der Waals surface area contributed by atoms with Gasteiger partial charge in [-0.3, -0.25) is 0 Å². The fourth-order valence-corrected chi connectivity index (χ4v) is 1.58. The van der Waals surface area contributed by atoms with E-state index in [2.05, 4.69) is 16.1 Å². The van der Waals surface area contributed by atoms with Crippen LogP contribution < -0.4 is 8.93 Å². The van der Waals surface area contributed by atoms with E-state index in [0.717, 1.165) is 11.4 Å². The normalized spacial score (nSPS) is 9.67. The van der Waals surface area contributed by atoms with Gasteiger partial charge in [0.15, 0.2) is 5.75 Å². The highest BCUT2D eigenvalue weighted by atomic mass is 79.9. The maximum absolute atomic E-state index is 5.55. The van der Waals surface area contributed by atoms with E-state index in [9.17, 15) is 0 Å². The van der Waals surface area contributed by atoms with Crippen LogP contribution in [0.25, 0.3) is 0 Å².